The van der Waals surface area contributed by atoms with Crippen molar-refractivity contribution in [3.63, 3.8) is 0 Å². The molecule has 0 fully saturated rings. The standard InChI is InChI=1S/C18H15F3O2/c1-2-12-3-5-13(6-4-12)16(11-17(22)23)14-7-9-15(10-8-14)18(19,20)21/h2-10,16H,1,11H2,(H,22,23). The molecule has 0 saturated heterocycles. The highest BCUT2D eigenvalue weighted by Gasteiger charge is 2.30. The molecule has 0 radical (unpaired) electrons. The average Bonchev–Trinajstić information content (AvgIpc) is 2.52. The molecular formula is C18H15F3O2. The van der Waals surface area contributed by atoms with E-state index in [1.54, 1.807) is 30.3 Å². The Labute approximate surface area is 131 Å². The van der Waals surface area contributed by atoms with Crippen molar-refractivity contribution in [1.29, 1.82) is 0 Å². The number of alkyl halides is 3. The normalized spacial score (nSPS) is 12.7. The van der Waals surface area contributed by atoms with Crippen LogP contribution in [0.15, 0.2) is 55.1 Å². The summed E-state index contributed by atoms with van der Waals surface area (Å²) in [5.41, 5.74) is 1.40. The van der Waals surface area contributed by atoms with E-state index in [1.165, 1.54) is 12.1 Å². The first-order valence-electron chi connectivity index (χ1n) is 6.92. The summed E-state index contributed by atoms with van der Waals surface area (Å²) in [4.78, 5) is 11.1. The molecule has 2 nitrogen and oxygen atoms in total. The summed E-state index contributed by atoms with van der Waals surface area (Å²) in [7, 11) is 0. The highest BCUT2D eigenvalue weighted by molar-refractivity contribution is 5.69. The quantitative estimate of drug-likeness (QED) is 0.846. The van der Waals surface area contributed by atoms with Crippen LogP contribution in [-0.2, 0) is 11.0 Å². The van der Waals surface area contributed by atoms with Crippen LogP contribution in [0.25, 0.3) is 6.08 Å². The number of rotatable bonds is 5. The molecule has 0 aliphatic carbocycles. The predicted molar refractivity (Wildman–Crippen MR) is 82.1 cm³/mol. The van der Waals surface area contributed by atoms with E-state index in [0.717, 1.165) is 23.3 Å². The van der Waals surface area contributed by atoms with Crippen LogP contribution in [0.2, 0.25) is 0 Å². The lowest BCUT2D eigenvalue weighted by atomic mass is 9.87. The third-order valence-corrected chi connectivity index (χ3v) is 3.59. The highest BCUT2D eigenvalue weighted by atomic mass is 19.4. The molecule has 0 aliphatic heterocycles. The van der Waals surface area contributed by atoms with Crippen LogP contribution in [0.4, 0.5) is 13.2 Å². The maximum atomic E-state index is 12.6. The van der Waals surface area contributed by atoms with Gasteiger partial charge in [-0.1, -0.05) is 49.1 Å². The van der Waals surface area contributed by atoms with Crippen LogP contribution in [-0.4, -0.2) is 11.1 Å². The van der Waals surface area contributed by atoms with Gasteiger partial charge in [-0.3, -0.25) is 4.79 Å². The number of aliphatic carboxylic acids is 1. The molecule has 0 bridgehead atoms. The van der Waals surface area contributed by atoms with Gasteiger partial charge in [-0.05, 0) is 28.8 Å². The maximum absolute atomic E-state index is 12.6. The Morgan fingerprint density at radius 3 is 1.91 bits per heavy atom. The van der Waals surface area contributed by atoms with Crippen molar-refractivity contribution in [2.45, 2.75) is 18.5 Å². The van der Waals surface area contributed by atoms with Gasteiger partial charge in [0.15, 0.2) is 0 Å². The average molecular weight is 320 g/mol. The molecule has 0 saturated carbocycles. The largest absolute Gasteiger partial charge is 0.481 e. The van der Waals surface area contributed by atoms with Crippen molar-refractivity contribution in [2.24, 2.45) is 0 Å². The Bertz CT molecular complexity index is 686. The van der Waals surface area contributed by atoms with E-state index < -0.39 is 23.6 Å². The predicted octanol–water partition coefficient (Wildman–Crippen LogP) is 4.96. The summed E-state index contributed by atoms with van der Waals surface area (Å²) in [6, 6.07) is 11.7. The lowest BCUT2D eigenvalue weighted by molar-refractivity contribution is -0.138. The number of halogens is 3. The van der Waals surface area contributed by atoms with Crippen LogP contribution in [0, 0.1) is 0 Å². The van der Waals surface area contributed by atoms with Crippen LogP contribution in [0.1, 0.15) is 34.6 Å². The van der Waals surface area contributed by atoms with E-state index in [2.05, 4.69) is 6.58 Å². The van der Waals surface area contributed by atoms with Gasteiger partial charge in [0, 0.05) is 5.92 Å². The molecule has 1 N–H and O–H groups in total. The van der Waals surface area contributed by atoms with Gasteiger partial charge in [-0.15, -0.1) is 0 Å². The van der Waals surface area contributed by atoms with E-state index in [4.69, 9.17) is 5.11 Å². The summed E-state index contributed by atoms with van der Waals surface area (Å²) in [6.45, 7) is 3.64. The minimum atomic E-state index is -4.41. The monoisotopic (exact) mass is 320 g/mol. The minimum Gasteiger partial charge on any atom is -0.481 e. The van der Waals surface area contributed by atoms with Crippen molar-refractivity contribution in [1.82, 2.24) is 0 Å². The van der Waals surface area contributed by atoms with Crippen LogP contribution >= 0.6 is 0 Å². The molecule has 0 aliphatic rings. The summed E-state index contributed by atoms with van der Waals surface area (Å²) >= 11 is 0. The first-order chi connectivity index (χ1) is 10.8. The van der Waals surface area contributed by atoms with Gasteiger partial charge in [-0.25, -0.2) is 0 Å². The number of hydrogen-bond acceptors (Lipinski definition) is 1. The van der Waals surface area contributed by atoms with E-state index in [9.17, 15) is 18.0 Å². The fourth-order valence-corrected chi connectivity index (χ4v) is 2.37. The van der Waals surface area contributed by atoms with Crippen molar-refractivity contribution in [3.05, 3.63) is 77.4 Å². The summed E-state index contributed by atoms with van der Waals surface area (Å²) in [5, 5.41) is 9.09. The third-order valence-electron chi connectivity index (χ3n) is 3.59. The zero-order valence-electron chi connectivity index (χ0n) is 12.2. The van der Waals surface area contributed by atoms with E-state index in [1.807, 2.05) is 0 Å². The lowest BCUT2D eigenvalue weighted by Crippen LogP contribution is -2.09. The number of benzene rings is 2. The van der Waals surface area contributed by atoms with Crippen molar-refractivity contribution in [3.8, 4) is 0 Å². The number of carboxylic acids is 1. The van der Waals surface area contributed by atoms with Crippen molar-refractivity contribution >= 4 is 12.0 Å². The second kappa shape index (κ2) is 6.69. The first kappa shape index (κ1) is 16.8. The first-order valence-corrected chi connectivity index (χ1v) is 6.92. The molecule has 0 aromatic heterocycles. The molecule has 120 valence electrons. The Kier molecular flexibility index (Phi) is 4.89. The van der Waals surface area contributed by atoms with Gasteiger partial charge in [0.1, 0.15) is 0 Å². The zero-order chi connectivity index (χ0) is 17.0. The van der Waals surface area contributed by atoms with E-state index in [-0.39, 0.29) is 6.42 Å². The van der Waals surface area contributed by atoms with Gasteiger partial charge in [0.05, 0.1) is 12.0 Å². The molecule has 0 amide bonds. The molecule has 5 heteroatoms. The number of carboxylic acid groups (broad SMARTS) is 1. The van der Waals surface area contributed by atoms with Gasteiger partial charge in [-0.2, -0.15) is 13.2 Å². The fraction of sp³-hybridized carbons (Fsp3) is 0.167. The maximum Gasteiger partial charge on any atom is 0.416 e. The molecule has 1 unspecified atom stereocenters. The molecule has 2 aromatic rings. The molecular weight excluding hydrogens is 305 g/mol. The van der Waals surface area contributed by atoms with Crippen molar-refractivity contribution in [2.75, 3.05) is 0 Å². The summed E-state index contributed by atoms with van der Waals surface area (Å²) in [5.74, 6) is -1.52. The molecule has 2 aromatic carbocycles. The molecule has 0 heterocycles. The number of hydrogen-bond donors (Lipinski definition) is 1. The smallest absolute Gasteiger partial charge is 0.416 e. The van der Waals surface area contributed by atoms with Crippen LogP contribution < -0.4 is 0 Å². The Hall–Kier alpha value is -2.56. The van der Waals surface area contributed by atoms with Crippen LogP contribution in [0.5, 0.6) is 0 Å². The number of carbonyl (C=O) groups is 1. The molecule has 23 heavy (non-hydrogen) atoms. The summed E-state index contributed by atoms with van der Waals surface area (Å²) < 4.78 is 37.9. The van der Waals surface area contributed by atoms with Crippen LogP contribution in [0.3, 0.4) is 0 Å². The van der Waals surface area contributed by atoms with E-state index in [0.29, 0.717) is 5.56 Å². The summed E-state index contributed by atoms with van der Waals surface area (Å²) in [6.07, 6.45) is -2.95. The second-order valence-electron chi connectivity index (χ2n) is 5.14. The minimum absolute atomic E-state index is 0.196. The van der Waals surface area contributed by atoms with Crippen molar-refractivity contribution < 1.29 is 23.1 Å². The highest BCUT2D eigenvalue weighted by Crippen LogP contribution is 2.33. The fourth-order valence-electron chi connectivity index (χ4n) is 2.37. The topological polar surface area (TPSA) is 37.3 Å². The van der Waals surface area contributed by atoms with E-state index >= 15 is 0 Å². The Morgan fingerprint density at radius 2 is 1.52 bits per heavy atom. The van der Waals surface area contributed by atoms with Gasteiger partial charge in [0.25, 0.3) is 0 Å². The van der Waals surface area contributed by atoms with Gasteiger partial charge in [0.2, 0.25) is 0 Å². The molecule has 0 spiro atoms. The molecule has 1 atom stereocenters. The van der Waals surface area contributed by atoms with Gasteiger partial charge < -0.3 is 5.11 Å². The zero-order valence-corrected chi connectivity index (χ0v) is 12.2. The third kappa shape index (κ3) is 4.22. The lowest BCUT2D eigenvalue weighted by Gasteiger charge is -2.17. The Balaban J connectivity index is 2.37. The molecule has 2 rings (SSSR count). The second-order valence-corrected chi connectivity index (χ2v) is 5.14. The SMILES string of the molecule is C=Cc1ccc(C(CC(=O)O)c2ccc(C(F)(F)F)cc2)cc1. The van der Waals surface area contributed by atoms with Gasteiger partial charge >= 0.3 is 12.1 Å². The Morgan fingerprint density at radius 1 is 1.04 bits per heavy atom.